The number of rotatable bonds is 7. The average Bonchev–Trinajstić information content (AvgIpc) is 3.28. The Morgan fingerprint density at radius 1 is 1.27 bits per heavy atom. The number of aliphatic carboxylic acids is 1. The van der Waals surface area contributed by atoms with Gasteiger partial charge in [-0.05, 0) is 50.1 Å². The molecule has 0 unspecified atom stereocenters. The van der Waals surface area contributed by atoms with Gasteiger partial charge in [-0.3, -0.25) is 9.48 Å². The van der Waals surface area contributed by atoms with Gasteiger partial charge in [0.1, 0.15) is 5.75 Å². The Labute approximate surface area is 197 Å². The summed E-state index contributed by atoms with van der Waals surface area (Å²) in [5.74, 6) is -0.554. The minimum atomic E-state index is -3.83. The van der Waals surface area contributed by atoms with Gasteiger partial charge in [0.25, 0.3) is 10.0 Å². The molecule has 1 aliphatic rings. The van der Waals surface area contributed by atoms with Crippen molar-refractivity contribution in [1.82, 2.24) is 19.1 Å². The van der Waals surface area contributed by atoms with E-state index in [0.717, 1.165) is 0 Å². The Hall–Kier alpha value is -2.69. The number of nitrogens with zero attached hydrogens (tertiary/aromatic N) is 4. The van der Waals surface area contributed by atoms with Gasteiger partial charge in [0.15, 0.2) is 5.03 Å². The summed E-state index contributed by atoms with van der Waals surface area (Å²) in [5.41, 5.74) is 1.10. The minimum Gasteiger partial charge on any atom is -0.489 e. The summed E-state index contributed by atoms with van der Waals surface area (Å²) in [6, 6.07) is 7.92. The first kappa shape index (κ1) is 23.5. The topological polar surface area (TPSA) is 115 Å². The molecule has 11 heteroatoms. The predicted octanol–water partition coefficient (Wildman–Crippen LogP) is 3.38. The largest absolute Gasteiger partial charge is 0.489 e. The number of benzene rings is 1. The number of halogens is 1. The highest BCUT2D eigenvalue weighted by atomic mass is 35.5. The van der Waals surface area contributed by atoms with Crippen LogP contribution in [-0.4, -0.2) is 57.8 Å². The number of hydrogen-bond acceptors (Lipinski definition) is 6. The Balaban J connectivity index is 1.64. The van der Waals surface area contributed by atoms with E-state index in [0.29, 0.717) is 27.4 Å². The fourth-order valence-corrected chi connectivity index (χ4v) is 5.75. The van der Waals surface area contributed by atoms with E-state index in [2.05, 4.69) is 10.1 Å². The zero-order chi connectivity index (χ0) is 23.9. The number of carboxylic acids is 1. The third kappa shape index (κ3) is 4.68. The lowest BCUT2D eigenvalue weighted by Gasteiger charge is -2.17. The van der Waals surface area contributed by atoms with Crippen LogP contribution in [-0.2, 0) is 21.2 Å². The summed E-state index contributed by atoms with van der Waals surface area (Å²) < 4.78 is 35.2. The smallest absolute Gasteiger partial charge is 0.309 e. The van der Waals surface area contributed by atoms with Gasteiger partial charge in [0.2, 0.25) is 0 Å². The molecule has 1 aromatic carbocycles. The van der Waals surface area contributed by atoms with Gasteiger partial charge in [-0.1, -0.05) is 18.5 Å². The highest BCUT2D eigenvalue weighted by Gasteiger charge is 2.40. The molecule has 3 aromatic rings. The number of ether oxygens (including phenoxy) is 1. The highest BCUT2D eigenvalue weighted by Crippen LogP contribution is 2.35. The van der Waals surface area contributed by atoms with Crippen molar-refractivity contribution in [2.24, 2.45) is 5.92 Å². The van der Waals surface area contributed by atoms with E-state index in [9.17, 15) is 18.3 Å². The third-order valence-electron chi connectivity index (χ3n) is 5.60. The van der Waals surface area contributed by atoms with Gasteiger partial charge in [-0.15, -0.1) is 0 Å². The van der Waals surface area contributed by atoms with E-state index in [-0.39, 0.29) is 42.6 Å². The van der Waals surface area contributed by atoms with Crippen molar-refractivity contribution in [3.8, 4) is 5.75 Å². The first-order valence-electron chi connectivity index (χ1n) is 10.6. The lowest BCUT2D eigenvalue weighted by Crippen LogP contribution is -2.30. The van der Waals surface area contributed by atoms with Gasteiger partial charge in [-0.2, -0.15) is 9.40 Å². The molecular formula is C22H25ClN4O5S. The van der Waals surface area contributed by atoms with E-state index in [1.807, 2.05) is 20.8 Å². The lowest BCUT2D eigenvalue weighted by atomic mass is 10.1. The molecule has 4 rings (SSSR count). The molecule has 1 fully saturated rings. The normalized spacial score (nSPS) is 19.4. The quantitative estimate of drug-likeness (QED) is 0.537. The Bertz CT molecular complexity index is 1290. The number of carbonyl (C=O) groups is 1. The second kappa shape index (κ2) is 8.92. The zero-order valence-electron chi connectivity index (χ0n) is 18.5. The van der Waals surface area contributed by atoms with Crippen LogP contribution in [0.2, 0.25) is 5.02 Å². The van der Waals surface area contributed by atoms with Crippen molar-refractivity contribution < 1.29 is 23.1 Å². The molecule has 0 bridgehead atoms. The van der Waals surface area contributed by atoms with Crippen LogP contribution in [0.25, 0.3) is 10.9 Å². The van der Waals surface area contributed by atoms with Crippen LogP contribution >= 0.6 is 11.6 Å². The Morgan fingerprint density at radius 2 is 2.03 bits per heavy atom. The van der Waals surface area contributed by atoms with Crippen LogP contribution in [0.1, 0.15) is 32.5 Å². The van der Waals surface area contributed by atoms with Gasteiger partial charge >= 0.3 is 5.97 Å². The fraction of sp³-hybridized carbons (Fsp3) is 0.409. The average molecular weight is 493 g/mol. The molecule has 9 nitrogen and oxygen atoms in total. The SMILES string of the molecule is CC(C)Oc1ccc(S(=O)(=O)N2C[C@@H](C)[C@@H](n3nc(CC(=O)O)c4ccc(Cl)cc43)C2)nc1. The van der Waals surface area contributed by atoms with Crippen LogP contribution in [0, 0.1) is 5.92 Å². The maximum atomic E-state index is 13.3. The fourth-order valence-electron chi connectivity index (χ4n) is 4.12. The molecule has 0 spiro atoms. The molecule has 176 valence electrons. The first-order chi connectivity index (χ1) is 15.6. The van der Waals surface area contributed by atoms with Crippen LogP contribution in [0.3, 0.4) is 0 Å². The van der Waals surface area contributed by atoms with Crippen molar-refractivity contribution in [3.05, 3.63) is 47.2 Å². The molecule has 1 N–H and O–H groups in total. The minimum absolute atomic E-state index is 0.0436. The van der Waals surface area contributed by atoms with Crippen LogP contribution in [0.15, 0.2) is 41.6 Å². The lowest BCUT2D eigenvalue weighted by molar-refractivity contribution is -0.136. The maximum absolute atomic E-state index is 13.3. The first-order valence-corrected chi connectivity index (χ1v) is 12.4. The highest BCUT2D eigenvalue weighted by molar-refractivity contribution is 7.89. The Morgan fingerprint density at radius 3 is 2.67 bits per heavy atom. The summed E-state index contributed by atoms with van der Waals surface area (Å²) in [6.07, 6.45) is 1.13. The predicted molar refractivity (Wildman–Crippen MR) is 123 cm³/mol. The molecule has 33 heavy (non-hydrogen) atoms. The van der Waals surface area contributed by atoms with E-state index in [4.69, 9.17) is 16.3 Å². The van der Waals surface area contributed by atoms with Gasteiger partial charge in [0, 0.05) is 23.5 Å². The monoisotopic (exact) mass is 492 g/mol. The second-order valence-electron chi connectivity index (χ2n) is 8.49. The van der Waals surface area contributed by atoms with Crippen molar-refractivity contribution in [2.75, 3.05) is 13.1 Å². The summed E-state index contributed by atoms with van der Waals surface area (Å²) in [6.45, 7) is 6.18. The number of carboxylic acid groups (broad SMARTS) is 1. The van der Waals surface area contributed by atoms with Crippen LogP contribution in [0.4, 0.5) is 0 Å². The van der Waals surface area contributed by atoms with Crippen molar-refractivity contribution in [3.63, 3.8) is 0 Å². The molecule has 1 saturated heterocycles. The summed E-state index contributed by atoms with van der Waals surface area (Å²) >= 11 is 6.19. The molecule has 0 radical (unpaired) electrons. The third-order valence-corrected chi connectivity index (χ3v) is 7.59. The van der Waals surface area contributed by atoms with Gasteiger partial charge < -0.3 is 9.84 Å². The van der Waals surface area contributed by atoms with E-state index in [1.165, 1.54) is 16.6 Å². The standard InChI is InChI=1S/C22H25ClN4O5S/c1-13(2)32-16-5-7-21(24-10-16)33(30,31)26-11-14(3)20(12-26)27-19-8-15(23)4-6-17(19)18(25-27)9-22(28)29/h4-8,10,13-14,20H,9,11-12H2,1-3H3,(H,28,29)/t14-,20+/m1/s1. The van der Waals surface area contributed by atoms with E-state index >= 15 is 0 Å². The van der Waals surface area contributed by atoms with Crippen molar-refractivity contribution in [1.29, 1.82) is 0 Å². The Kier molecular flexibility index (Phi) is 6.35. The molecule has 0 amide bonds. The summed E-state index contributed by atoms with van der Waals surface area (Å²) in [7, 11) is -3.83. The second-order valence-corrected chi connectivity index (χ2v) is 10.8. The molecular weight excluding hydrogens is 468 g/mol. The van der Waals surface area contributed by atoms with E-state index < -0.39 is 16.0 Å². The molecule has 2 aromatic heterocycles. The van der Waals surface area contributed by atoms with Crippen LogP contribution in [0.5, 0.6) is 5.75 Å². The molecule has 0 saturated carbocycles. The molecule has 1 aliphatic heterocycles. The van der Waals surface area contributed by atoms with E-state index in [1.54, 1.807) is 28.9 Å². The van der Waals surface area contributed by atoms with Gasteiger partial charge in [-0.25, -0.2) is 13.4 Å². The van der Waals surface area contributed by atoms with Crippen molar-refractivity contribution >= 4 is 38.5 Å². The number of pyridine rings is 1. The molecule has 3 heterocycles. The summed E-state index contributed by atoms with van der Waals surface area (Å²) in [5, 5.41) is 15.0. The number of fused-ring (bicyclic) bond motifs is 1. The number of sulfonamides is 1. The molecule has 0 aliphatic carbocycles. The van der Waals surface area contributed by atoms with Crippen molar-refractivity contribution in [2.45, 2.75) is 44.4 Å². The van der Waals surface area contributed by atoms with Crippen LogP contribution < -0.4 is 4.74 Å². The number of hydrogen-bond donors (Lipinski definition) is 1. The zero-order valence-corrected chi connectivity index (χ0v) is 20.0. The number of aromatic nitrogens is 3. The molecule has 2 atom stereocenters. The summed E-state index contributed by atoms with van der Waals surface area (Å²) in [4.78, 5) is 15.4. The maximum Gasteiger partial charge on any atom is 0.309 e. The van der Waals surface area contributed by atoms with Gasteiger partial charge in [0.05, 0.1) is 36.0 Å².